The van der Waals surface area contributed by atoms with E-state index in [9.17, 15) is 4.79 Å². The van der Waals surface area contributed by atoms with Crippen molar-refractivity contribution in [3.63, 3.8) is 0 Å². The number of hydrogen-bond donors (Lipinski definition) is 0. The summed E-state index contributed by atoms with van der Waals surface area (Å²) < 4.78 is 4.86. The Morgan fingerprint density at radius 2 is 1.78 bits per heavy atom. The fourth-order valence-electron chi connectivity index (χ4n) is 2.01. The van der Waals surface area contributed by atoms with Crippen molar-refractivity contribution in [3.05, 3.63) is 64.8 Å². The summed E-state index contributed by atoms with van der Waals surface area (Å²) in [7, 11) is 0. The van der Waals surface area contributed by atoms with Crippen LogP contribution in [0.1, 0.15) is 5.89 Å². The second-order valence-corrected chi connectivity index (χ2v) is 4.14. The average Bonchev–Trinajstić information content (AvgIpc) is 2.37. The van der Waals surface area contributed by atoms with Crippen LogP contribution in [0, 0.1) is 6.92 Å². The van der Waals surface area contributed by atoms with Gasteiger partial charge in [0.25, 0.3) is 0 Å². The highest BCUT2D eigenvalue weighted by Gasteiger charge is 2.04. The van der Waals surface area contributed by atoms with Crippen LogP contribution >= 0.6 is 0 Å². The molecule has 0 N–H and O–H groups in total. The molecule has 0 unspecified atom stereocenters. The van der Waals surface area contributed by atoms with E-state index in [4.69, 9.17) is 4.42 Å². The zero-order chi connectivity index (χ0) is 12.5. The molecule has 3 heteroatoms. The van der Waals surface area contributed by atoms with Crippen molar-refractivity contribution in [2.45, 2.75) is 6.92 Å². The maximum absolute atomic E-state index is 11.3. The smallest absolute Gasteiger partial charge is 0.339 e. The highest BCUT2D eigenvalue weighted by atomic mass is 16.4. The Balaban J connectivity index is 2.22. The number of hydrogen-bond acceptors (Lipinski definition) is 3. The third-order valence-corrected chi connectivity index (χ3v) is 2.83. The van der Waals surface area contributed by atoms with E-state index in [1.807, 2.05) is 36.4 Å². The van der Waals surface area contributed by atoms with Crippen LogP contribution in [-0.4, -0.2) is 4.98 Å². The number of benzene rings is 2. The lowest BCUT2D eigenvalue weighted by Crippen LogP contribution is -2.01. The molecule has 0 aliphatic carbocycles. The molecule has 0 amide bonds. The number of aromatic nitrogens is 1. The van der Waals surface area contributed by atoms with E-state index in [1.165, 1.54) is 11.5 Å². The van der Waals surface area contributed by atoms with Gasteiger partial charge in [0, 0.05) is 12.5 Å². The lowest BCUT2D eigenvalue weighted by Gasteiger charge is -2.03. The SMILES string of the molecule is Cc1nc(-c2ccc3ccccc3c2)cc(=O)o1. The first-order valence-corrected chi connectivity index (χ1v) is 5.70. The van der Waals surface area contributed by atoms with E-state index in [0.29, 0.717) is 11.6 Å². The van der Waals surface area contributed by atoms with Crippen LogP contribution in [0.15, 0.2) is 57.7 Å². The minimum atomic E-state index is -0.370. The molecule has 3 rings (SSSR count). The minimum Gasteiger partial charge on any atom is -0.409 e. The second kappa shape index (κ2) is 4.11. The van der Waals surface area contributed by atoms with Gasteiger partial charge in [0.05, 0.1) is 11.8 Å². The van der Waals surface area contributed by atoms with Gasteiger partial charge in [-0.15, -0.1) is 0 Å². The molecule has 0 saturated heterocycles. The molecule has 88 valence electrons. The van der Waals surface area contributed by atoms with Crippen LogP contribution in [0.25, 0.3) is 22.0 Å². The summed E-state index contributed by atoms with van der Waals surface area (Å²) in [5, 5.41) is 2.30. The zero-order valence-corrected chi connectivity index (χ0v) is 9.88. The van der Waals surface area contributed by atoms with Gasteiger partial charge in [-0.3, -0.25) is 0 Å². The third kappa shape index (κ3) is 1.91. The third-order valence-electron chi connectivity index (χ3n) is 2.83. The van der Waals surface area contributed by atoms with Crippen LogP contribution in [0.4, 0.5) is 0 Å². The largest absolute Gasteiger partial charge is 0.409 e. The van der Waals surface area contributed by atoms with Crippen molar-refractivity contribution in [3.8, 4) is 11.3 Å². The Bertz CT molecular complexity index is 775. The van der Waals surface area contributed by atoms with E-state index in [0.717, 1.165) is 10.9 Å². The Morgan fingerprint density at radius 3 is 2.56 bits per heavy atom. The van der Waals surface area contributed by atoms with Gasteiger partial charge in [0.1, 0.15) is 0 Å². The van der Waals surface area contributed by atoms with E-state index < -0.39 is 0 Å². The quantitative estimate of drug-likeness (QED) is 0.653. The summed E-state index contributed by atoms with van der Waals surface area (Å²) in [6.45, 7) is 1.67. The fourth-order valence-corrected chi connectivity index (χ4v) is 2.01. The lowest BCUT2D eigenvalue weighted by molar-refractivity contribution is 0.458. The molecule has 3 aromatic rings. The molecule has 0 spiro atoms. The molecule has 0 saturated carbocycles. The van der Waals surface area contributed by atoms with Crippen molar-refractivity contribution in [1.29, 1.82) is 0 Å². The van der Waals surface area contributed by atoms with Crippen LogP contribution in [0.2, 0.25) is 0 Å². The first-order valence-electron chi connectivity index (χ1n) is 5.70. The maximum Gasteiger partial charge on any atom is 0.339 e. The number of rotatable bonds is 1. The Hall–Kier alpha value is -2.42. The number of fused-ring (bicyclic) bond motifs is 1. The van der Waals surface area contributed by atoms with E-state index in [-0.39, 0.29) is 5.63 Å². The summed E-state index contributed by atoms with van der Waals surface area (Å²) in [4.78, 5) is 15.6. The van der Waals surface area contributed by atoms with E-state index in [2.05, 4.69) is 11.1 Å². The van der Waals surface area contributed by atoms with Gasteiger partial charge in [0.15, 0.2) is 5.89 Å². The molecule has 0 aliphatic rings. The molecular weight excluding hydrogens is 226 g/mol. The van der Waals surface area contributed by atoms with Crippen LogP contribution < -0.4 is 5.63 Å². The first-order chi connectivity index (χ1) is 8.72. The average molecular weight is 237 g/mol. The molecule has 2 aromatic carbocycles. The Kier molecular flexibility index (Phi) is 2.45. The van der Waals surface area contributed by atoms with Gasteiger partial charge < -0.3 is 4.42 Å². The molecule has 3 nitrogen and oxygen atoms in total. The van der Waals surface area contributed by atoms with E-state index >= 15 is 0 Å². The number of nitrogens with zero attached hydrogens (tertiary/aromatic N) is 1. The molecule has 1 heterocycles. The molecular formula is C15H11NO2. The highest BCUT2D eigenvalue weighted by Crippen LogP contribution is 2.22. The van der Waals surface area contributed by atoms with Gasteiger partial charge >= 0.3 is 5.63 Å². The van der Waals surface area contributed by atoms with E-state index in [1.54, 1.807) is 6.92 Å². The van der Waals surface area contributed by atoms with Crippen molar-refractivity contribution >= 4 is 10.8 Å². The van der Waals surface area contributed by atoms with Crippen LogP contribution in [-0.2, 0) is 0 Å². The molecule has 0 radical (unpaired) electrons. The molecule has 0 fully saturated rings. The van der Waals surface area contributed by atoms with Crippen molar-refractivity contribution in [2.75, 3.05) is 0 Å². The topological polar surface area (TPSA) is 43.1 Å². The summed E-state index contributed by atoms with van der Waals surface area (Å²) in [5.41, 5.74) is 1.20. The zero-order valence-electron chi connectivity index (χ0n) is 9.88. The Labute approximate surface area is 104 Å². The van der Waals surface area contributed by atoms with Gasteiger partial charge in [-0.25, -0.2) is 9.78 Å². The lowest BCUT2D eigenvalue weighted by atomic mass is 10.1. The maximum atomic E-state index is 11.3. The molecule has 0 bridgehead atoms. The van der Waals surface area contributed by atoms with Crippen LogP contribution in [0.3, 0.4) is 0 Å². The standard InChI is InChI=1S/C15H11NO2/c1-10-16-14(9-15(17)18-10)13-7-6-11-4-2-3-5-12(11)8-13/h2-9H,1H3. The highest BCUT2D eigenvalue weighted by molar-refractivity contribution is 5.86. The van der Waals surface area contributed by atoms with Gasteiger partial charge in [-0.05, 0) is 16.8 Å². The summed E-state index contributed by atoms with van der Waals surface area (Å²) in [5.74, 6) is 0.380. The Morgan fingerprint density at radius 1 is 1.00 bits per heavy atom. The first kappa shape index (κ1) is 10.7. The number of aryl methyl sites for hydroxylation is 1. The normalized spacial score (nSPS) is 10.7. The molecule has 18 heavy (non-hydrogen) atoms. The van der Waals surface area contributed by atoms with Gasteiger partial charge in [-0.2, -0.15) is 0 Å². The predicted molar refractivity (Wildman–Crippen MR) is 70.5 cm³/mol. The second-order valence-electron chi connectivity index (χ2n) is 4.14. The van der Waals surface area contributed by atoms with Gasteiger partial charge in [-0.1, -0.05) is 36.4 Å². The minimum absolute atomic E-state index is 0.370. The van der Waals surface area contributed by atoms with Crippen molar-refractivity contribution in [2.24, 2.45) is 0 Å². The van der Waals surface area contributed by atoms with Crippen molar-refractivity contribution in [1.82, 2.24) is 4.98 Å². The molecule has 0 aliphatic heterocycles. The monoisotopic (exact) mass is 237 g/mol. The fraction of sp³-hybridized carbons (Fsp3) is 0.0667. The summed E-state index contributed by atoms with van der Waals surface area (Å²) in [6.07, 6.45) is 0. The summed E-state index contributed by atoms with van der Waals surface area (Å²) >= 11 is 0. The predicted octanol–water partition coefficient (Wildman–Crippen LogP) is 3.16. The van der Waals surface area contributed by atoms with Crippen molar-refractivity contribution < 1.29 is 4.42 Å². The summed E-state index contributed by atoms with van der Waals surface area (Å²) in [6, 6.07) is 15.5. The van der Waals surface area contributed by atoms with Gasteiger partial charge in [0.2, 0.25) is 0 Å². The molecule has 1 aromatic heterocycles. The molecule has 0 atom stereocenters. The van der Waals surface area contributed by atoms with Crippen LogP contribution in [0.5, 0.6) is 0 Å².